The Hall–Kier alpha value is -0.790. The van der Waals surface area contributed by atoms with E-state index in [0.29, 0.717) is 6.42 Å². The normalized spacial score (nSPS) is 9.36. The highest BCUT2D eigenvalue weighted by atomic mass is 16.2. The summed E-state index contributed by atoms with van der Waals surface area (Å²) in [7, 11) is 0. The molecular formula is C9H17NO. The van der Waals surface area contributed by atoms with E-state index in [0.717, 1.165) is 18.7 Å². The number of hydrogen-bond donors (Lipinski definition) is 0. The van der Waals surface area contributed by atoms with Gasteiger partial charge in [0.05, 0.1) is 0 Å². The van der Waals surface area contributed by atoms with Gasteiger partial charge in [0.15, 0.2) is 0 Å². The zero-order valence-corrected chi connectivity index (χ0v) is 7.68. The van der Waals surface area contributed by atoms with Crippen molar-refractivity contribution < 1.29 is 4.79 Å². The molecular weight excluding hydrogens is 138 g/mol. The van der Waals surface area contributed by atoms with Crippen LogP contribution in [0.2, 0.25) is 0 Å². The number of carbonyl (C=O) groups is 1. The third-order valence-electron chi connectivity index (χ3n) is 1.57. The van der Waals surface area contributed by atoms with Gasteiger partial charge in [0.25, 0.3) is 0 Å². The molecule has 0 rings (SSSR count). The van der Waals surface area contributed by atoms with E-state index in [1.54, 1.807) is 0 Å². The molecule has 2 nitrogen and oxygen atoms in total. The molecule has 0 unspecified atom stereocenters. The van der Waals surface area contributed by atoms with Crippen LogP contribution in [0.3, 0.4) is 0 Å². The molecule has 2 heteroatoms. The molecule has 0 aromatic carbocycles. The lowest BCUT2D eigenvalue weighted by Gasteiger charge is -2.18. The second-order valence-corrected chi connectivity index (χ2v) is 2.70. The Morgan fingerprint density at radius 3 is 2.09 bits per heavy atom. The van der Waals surface area contributed by atoms with Gasteiger partial charge in [0.1, 0.15) is 0 Å². The molecule has 0 aliphatic rings. The first kappa shape index (κ1) is 10.2. The van der Waals surface area contributed by atoms with Crippen molar-refractivity contribution in [3.63, 3.8) is 0 Å². The summed E-state index contributed by atoms with van der Waals surface area (Å²) in [5, 5.41) is 0. The van der Waals surface area contributed by atoms with Crippen LogP contribution in [0.15, 0.2) is 12.2 Å². The molecule has 0 saturated heterocycles. The lowest BCUT2D eigenvalue weighted by molar-refractivity contribution is -0.130. The van der Waals surface area contributed by atoms with Gasteiger partial charge in [-0.2, -0.15) is 0 Å². The fourth-order valence-electron chi connectivity index (χ4n) is 0.946. The van der Waals surface area contributed by atoms with E-state index in [9.17, 15) is 4.79 Å². The predicted octanol–water partition coefficient (Wildman–Crippen LogP) is 1.82. The van der Waals surface area contributed by atoms with Crippen molar-refractivity contribution in [2.45, 2.75) is 27.2 Å². The quantitative estimate of drug-likeness (QED) is 0.567. The Labute approximate surface area is 68.9 Å². The summed E-state index contributed by atoms with van der Waals surface area (Å²) in [5.74, 6) is 0.183. The van der Waals surface area contributed by atoms with Crippen LogP contribution in [-0.2, 0) is 4.79 Å². The highest BCUT2D eigenvalue weighted by Gasteiger charge is 2.07. The van der Waals surface area contributed by atoms with Crippen LogP contribution in [0.1, 0.15) is 27.2 Å². The summed E-state index contributed by atoms with van der Waals surface area (Å²) in [6, 6.07) is 0. The molecule has 0 aliphatic heterocycles. The second kappa shape index (κ2) is 4.94. The first-order chi connectivity index (χ1) is 5.11. The van der Waals surface area contributed by atoms with Gasteiger partial charge >= 0.3 is 0 Å². The average Bonchev–Trinajstić information content (AvgIpc) is 1.88. The van der Waals surface area contributed by atoms with Gasteiger partial charge in [-0.05, 0) is 20.8 Å². The van der Waals surface area contributed by atoms with Gasteiger partial charge in [-0.1, -0.05) is 12.2 Å². The molecule has 0 bridgehead atoms. The molecule has 0 fully saturated rings. The summed E-state index contributed by atoms with van der Waals surface area (Å²) in [5.41, 5.74) is 0.932. The molecule has 1 amide bonds. The fraction of sp³-hybridized carbons (Fsp3) is 0.667. The van der Waals surface area contributed by atoms with Gasteiger partial charge < -0.3 is 4.90 Å². The van der Waals surface area contributed by atoms with E-state index >= 15 is 0 Å². The number of carbonyl (C=O) groups excluding carboxylic acids is 1. The van der Waals surface area contributed by atoms with Gasteiger partial charge in [-0.3, -0.25) is 4.79 Å². The smallest absolute Gasteiger partial charge is 0.226 e. The Kier molecular flexibility index (Phi) is 4.59. The van der Waals surface area contributed by atoms with Crippen LogP contribution < -0.4 is 0 Å². The maximum atomic E-state index is 11.3. The lowest BCUT2D eigenvalue weighted by Crippen LogP contribution is -2.30. The zero-order valence-electron chi connectivity index (χ0n) is 7.68. The van der Waals surface area contributed by atoms with E-state index in [2.05, 4.69) is 6.58 Å². The summed E-state index contributed by atoms with van der Waals surface area (Å²) in [6.07, 6.45) is 0.488. The SMILES string of the molecule is C=C(C)CC(=O)N(CC)CC. The Bertz CT molecular complexity index is 148. The molecule has 64 valence electrons. The maximum Gasteiger partial charge on any atom is 0.226 e. The molecule has 0 heterocycles. The minimum absolute atomic E-state index is 0.183. The Morgan fingerprint density at radius 2 is 1.82 bits per heavy atom. The van der Waals surface area contributed by atoms with E-state index in [-0.39, 0.29) is 5.91 Å². The van der Waals surface area contributed by atoms with Crippen molar-refractivity contribution in [1.29, 1.82) is 0 Å². The van der Waals surface area contributed by atoms with Gasteiger partial charge in [-0.15, -0.1) is 0 Å². The fourth-order valence-corrected chi connectivity index (χ4v) is 0.946. The highest BCUT2D eigenvalue weighted by molar-refractivity contribution is 5.78. The first-order valence-corrected chi connectivity index (χ1v) is 4.04. The molecule has 0 spiro atoms. The van der Waals surface area contributed by atoms with Crippen molar-refractivity contribution in [2.75, 3.05) is 13.1 Å². The van der Waals surface area contributed by atoms with Crippen molar-refractivity contribution in [3.8, 4) is 0 Å². The molecule has 0 atom stereocenters. The van der Waals surface area contributed by atoms with E-state index in [1.807, 2.05) is 25.7 Å². The van der Waals surface area contributed by atoms with Crippen molar-refractivity contribution in [3.05, 3.63) is 12.2 Å². The van der Waals surface area contributed by atoms with E-state index < -0.39 is 0 Å². The van der Waals surface area contributed by atoms with Gasteiger partial charge in [-0.25, -0.2) is 0 Å². The van der Waals surface area contributed by atoms with Gasteiger partial charge in [0, 0.05) is 19.5 Å². The first-order valence-electron chi connectivity index (χ1n) is 4.04. The summed E-state index contributed by atoms with van der Waals surface area (Å²) < 4.78 is 0. The second-order valence-electron chi connectivity index (χ2n) is 2.70. The Balaban J connectivity index is 3.89. The third-order valence-corrected chi connectivity index (χ3v) is 1.57. The van der Waals surface area contributed by atoms with Crippen LogP contribution in [0, 0.1) is 0 Å². The Morgan fingerprint density at radius 1 is 1.36 bits per heavy atom. The molecule has 0 radical (unpaired) electrons. The number of amides is 1. The third kappa shape index (κ3) is 3.81. The van der Waals surface area contributed by atoms with E-state index in [4.69, 9.17) is 0 Å². The average molecular weight is 155 g/mol. The number of nitrogens with zero attached hydrogens (tertiary/aromatic N) is 1. The largest absolute Gasteiger partial charge is 0.343 e. The standard InChI is InChI=1S/C9H17NO/c1-5-10(6-2)9(11)7-8(3)4/h3,5-7H2,1-2,4H3. The minimum Gasteiger partial charge on any atom is -0.343 e. The minimum atomic E-state index is 0.183. The van der Waals surface area contributed by atoms with Crippen molar-refractivity contribution in [2.24, 2.45) is 0 Å². The van der Waals surface area contributed by atoms with Crippen molar-refractivity contribution in [1.82, 2.24) is 4.90 Å². The van der Waals surface area contributed by atoms with Crippen LogP contribution in [0.5, 0.6) is 0 Å². The zero-order chi connectivity index (χ0) is 8.85. The molecule has 0 saturated carbocycles. The van der Waals surface area contributed by atoms with Crippen LogP contribution in [-0.4, -0.2) is 23.9 Å². The highest BCUT2D eigenvalue weighted by Crippen LogP contribution is 2.00. The number of rotatable bonds is 4. The predicted molar refractivity (Wildman–Crippen MR) is 47.4 cm³/mol. The van der Waals surface area contributed by atoms with Crippen LogP contribution in [0.25, 0.3) is 0 Å². The van der Waals surface area contributed by atoms with Crippen LogP contribution >= 0.6 is 0 Å². The monoisotopic (exact) mass is 155 g/mol. The van der Waals surface area contributed by atoms with Crippen molar-refractivity contribution >= 4 is 5.91 Å². The van der Waals surface area contributed by atoms with Crippen LogP contribution in [0.4, 0.5) is 0 Å². The van der Waals surface area contributed by atoms with E-state index in [1.165, 1.54) is 0 Å². The topological polar surface area (TPSA) is 20.3 Å². The molecule has 0 N–H and O–H groups in total. The summed E-state index contributed by atoms with van der Waals surface area (Å²) >= 11 is 0. The molecule has 0 aromatic rings. The maximum absolute atomic E-state index is 11.3. The van der Waals surface area contributed by atoms with Gasteiger partial charge in [0.2, 0.25) is 5.91 Å². The summed E-state index contributed by atoms with van der Waals surface area (Å²) in [6.45, 7) is 11.1. The molecule has 11 heavy (non-hydrogen) atoms. The lowest BCUT2D eigenvalue weighted by atomic mass is 10.2. The molecule has 0 aromatic heterocycles. The number of hydrogen-bond acceptors (Lipinski definition) is 1. The summed E-state index contributed by atoms with van der Waals surface area (Å²) in [4.78, 5) is 13.1. The molecule has 0 aliphatic carbocycles.